The normalized spacial score (nSPS) is 19.3. The highest BCUT2D eigenvalue weighted by Gasteiger charge is 2.22. The van der Waals surface area contributed by atoms with Crippen molar-refractivity contribution in [1.82, 2.24) is 9.80 Å². The second kappa shape index (κ2) is 7.46. The minimum absolute atomic E-state index is 0.180. The molecule has 0 N–H and O–H groups in total. The van der Waals surface area contributed by atoms with Crippen LogP contribution in [0.5, 0.6) is 5.75 Å². The molecule has 0 aliphatic carbocycles. The fourth-order valence-electron chi connectivity index (χ4n) is 2.85. The van der Waals surface area contributed by atoms with E-state index in [1.807, 2.05) is 36.2 Å². The second-order valence-corrected chi connectivity index (χ2v) is 5.93. The lowest BCUT2D eigenvalue weighted by Gasteiger charge is -2.35. The average Bonchev–Trinajstić information content (AvgIpc) is 2.50. The standard InChI is InChI=1S/C17H26N2O2/c1-18-11-5-4-6-15(18)13-19(2)17(20)12-14-7-9-16(21-3)10-8-14/h7-10,15H,4-6,11-13H2,1-3H3. The average molecular weight is 290 g/mol. The number of likely N-dealkylation sites (tertiary alicyclic amines) is 1. The van der Waals surface area contributed by atoms with Crippen LogP contribution in [0.4, 0.5) is 0 Å². The zero-order valence-electron chi connectivity index (χ0n) is 13.3. The van der Waals surface area contributed by atoms with Crippen LogP contribution in [-0.4, -0.2) is 56.0 Å². The van der Waals surface area contributed by atoms with E-state index in [1.54, 1.807) is 7.11 Å². The fourth-order valence-corrected chi connectivity index (χ4v) is 2.85. The molecule has 0 spiro atoms. The molecule has 1 atom stereocenters. The summed E-state index contributed by atoms with van der Waals surface area (Å²) >= 11 is 0. The summed E-state index contributed by atoms with van der Waals surface area (Å²) in [6.07, 6.45) is 4.19. The van der Waals surface area contributed by atoms with Gasteiger partial charge in [0.1, 0.15) is 5.75 Å². The maximum absolute atomic E-state index is 12.3. The molecule has 2 rings (SSSR count). The Bertz CT molecular complexity index is 458. The maximum atomic E-state index is 12.3. The molecule has 4 nitrogen and oxygen atoms in total. The van der Waals surface area contributed by atoms with E-state index in [0.29, 0.717) is 12.5 Å². The van der Waals surface area contributed by atoms with Crippen molar-refractivity contribution in [3.8, 4) is 5.75 Å². The van der Waals surface area contributed by atoms with Crippen LogP contribution in [0.15, 0.2) is 24.3 Å². The van der Waals surface area contributed by atoms with Gasteiger partial charge in [0, 0.05) is 19.6 Å². The van der Waals surface area contributed by atoms with Crippen LogP contribution in [0.1, 0.15) is 24.8 Å². The summed E-state index contributed by atoms with van der Waals surface area (Å²) in [5, 5.41) is 0. The number of hydrogen-bond acceptors (Lipinski definition) is 3. The van der Waals surface area contributed by atoms with E-state index in [0.717, 1.165) is 24.4 Å². The fraction of sp³-hybridized carbons (Fsp3) is 0.588. The summed E-state index contributed by atoms with van der Waals surface area (Å²) in [5.41, 5.74) is 1.03. The number of amides is 1. The Morgan fingerprint density at radius 3 is 2.67 bits per heavy atom. The first-order chi connectivity index (χ1) is 10.1. The monoisotopic (exact) mass is 290 g/mol. The molecule has 0 saturated carbocycles. The molecule has 1 amide bonds. The molecule has 4 heteroatoms. The van der Waals surface area contributed by atoms with Crippen molar-refractivity contribution in [1.29, 1.82) is 0 Å². The number of carbonyl (C=O) groups is 1. The predicted molar refractivity (Wildman–Crippen MR) is 84.6 cm³/mol. The van der Waals surface area contributed by atoms with Crippen molar-refractivity contribution < 1.29 is 9.53 Å². The number of nitrogens with zero attached hydrogens (tertiary/aromatic N) is 2. The van der Waals surface area contributed by atoms with E-state index in [2.05, 4.69) is 11.9 Å². The van der Waals surface area contributed by atoms with Gasteiger partial charge in [0.2, 0.25) is 5.91 Å². The van der Waals surface area contributed by atoms with Crippen LogP contribution < -0.4 is 4.74 Å². The highest BCUT2D eigenvalue weighted by molar-refractivity contribution is 5.78. The van der Waals surface area contributed by atoms with Crippen LogP contribution >= 0.6 is 0 Å². The van der Waals surface area contributed by atoms with E-state index in [1.165, 1.54) is 19.3 Å². The van der Waals surface area contributed by atoms with E-state index >= 15 is 0 Å². The first kappa shape index (κ1) is 15.8. The molecule has 1 aromatic rings. The number of likely N-dealkylation sites (N-methyl/N-ethyl adjacent to an activating group) is 2. The van der Waals surface area contributed by atoms with E-state index in [9.17, 15) is 4.79 Å². The van der Waals surface area contributed by atoms with Crippen LogP contribution in [0, 0.1) is 0 Å². The molecule has 0 bridgehead atoms. The molecule has 0 aromatic heterocycles. The van der Waals surface area contributed by atoms with Gasteiger partial charge < -0.3 is 14.5 Å². The number of rotatable bonds is 5. The Hall–Kier alpha value is -1.55. The van der Waals surface area contributed by atoms with Crippen molar-refractivity contribution in [3.63, 3.8) is 0 Å². The first-order valence-corrected chi connectivity index (χ1v) is 7.67. The maximum Gasteiger partial charge on any atom is 0.226 e. The molecule has 1 unspecified atom stereocenters. The van der Waals surface area contributed by atoms with Crippen molar-refractivity contribution in [2.24, 2.45) is 0 Å². The van der Waals surface area contributed by atoms with Gasteiger partial charge in [-0.2, -0.15) is 0 Å². The molecular weight excluding hydrogens is 264 g/mol. The SMILES string of the molecule is COc1ccc(CC(=O)N(C)CC2CCCCN2C)cc1. The molecule has 1 saturated heterocycles. The Morgan fingerprint density at radius 1 is 1.33 bits per heavy atom. The largest absolute Gasteiger partial charge is 0.497 e. The van der Waals surface area contributed by atoms with Gasteiger partial charge in [-0.1, -0.05) is 18.6 Å². The number of methoxy groups -OCH3 is 1. The molecule has 1 aliphatic heterocycles. The highest BCUT2D eigenvalue weighted by Crippen LogP contribution is 2.16. The lowest BCUT2D eigenvalue weighted by atomic mass is 10.0. The molecule has 1 aromatic carbocycles. The summed E-state index contributed by atoms with van der Waals surface area (Å²) in [6.45, 7) is 1.97. The number of ether oxygens (including phenoxy) is 1. The van der Waals surface area contributed by atoms with Gasteiger partial charge in [-0.3, -0.25) is 4.79 Å². The topological polar surface area (TPSA) is 32.8 Å². The van der Waals surface area contributed by atoms with Gasteiger partial charge in [0.05, 0.1) is 13.5 Å². The second-order valence-electron chi connectivity index (χ2n) is 5.93. The Labute approximate surface area is 127 Å². The third kappa shape index (κ3) is 4.46. The smallest absolute Gasteiger partial charge is 0.226 e. The van der Waals surface area contributed by atoms with E-state index in [4.69, 9.17) is 4.74 Å². The summed E-state index contributed by atoms with van der Waals surface area (Å²) in [5.74, 6) is 1.00. The molecule has 1 fully saturated rings. The third-order valence-corrected chi connectivity index (χ3v) is 4.35. The number of piperidine rings is 1. The van der Waals surface area contributed by atoms with Crippen LogP contribution in [0.25, 0.3) is 0 Å². The lowest BCUT2D eigenvalue weighted by molar-refractivity contribution is -0.130. The van der Waals surface area contributed by atoms with Gasteiger partial charge in [0.15, 0.2) is 0 Å². The highest BCUT2D eigenvalue weighted by atomic mass is 16.5. The van der Waals surface area contributed by atoms with E-state index < -0.39 is 0 Å². The Balaban J connectivity index is 1.86. The third-order valence-electron chi connectivity index (χ3n) is 4.35. The summed E-state index contributed by atoms with van der Waals surface area (Å²) < 4.78 is 5.13. The summed E-state index contributed by atoms with van der Waals surface area (Å²) in [6, 6.07) is 8.22. The minimum Gasteiger partial charge on any atom is -0.497 e. The van der Waals surface area contributed by atoms with Gasteiger partial charge in [-0.05, 0) is 44.1 Å². The summed E-state index contributed by atoms with van der Waals surface area (Å²) in [7, 11) is 5.72. The van der Waals surface area contributed by atoms with Crippen molar-refractivity contribution in [3.05, 3.63) is 29.8 Å². The van der Waals surface area contributed by atoms with E-state index in [-0.39, 0.29) is 5.91 Å². The predicted octanol–water partition coefficient (Wildman–Crippen LogP) is 2.18. The van der Waals surface area contributed by atoms with Gasteiger partial charge >= 0.3 is 0 Å². The van der Waals surface area contributed by atoms with Crippen LogP contribution in [0.2, 0.25) is 0 Å². The number of benzene rings is 1. The van der Waals surface area contributed by atoms with Gasteiger partial charge in [0.25, 0.3) is 0 Å². The zero-order chi connectivity index (χ0) is 15.2. The Kier molecular flexibility index (Phi) is 5.62. The molecule has 21 heavy (non-hydrogen) atoms. The van der Waals surface area contributed by atoms with Gasteiger partial charge in [-0.15, -0.1) is 0 Å². The molecule has 1 aliphatic rings. The van der Waals surface area contributed by atoms with Crippen molar-refractivity contribution >= 4 is 5.91 Å². The Morgan fingerprint density at radius 2 is 2.05 bits per heavy atom. The molecular formula is C17H26N2O2. The van der Waals surface area contributed by atoms with Crippen molar-refractivity contribution in [2.45, 2.75) is 31.7 Å². The molecule has 0 radical (unpaired) electrons. The number of hydrogen-bond donors (Lipinski definition) is 0. The van der Waals surface area contributed by atoms with Crippen LogP contribution in [-0.2, 0) is 11.2 Å². The molecule has 1 heterocycles. The lowest BCUT2D eigenvalue weighted by Crippen LogP contribution is -2.45. The molecule has 116 valence electrons. The van der Waals surface area contributed by atoms with Gasteiger partial charge in [-0.25, -0.2) is 0 Å². The summed E-state index contributed by atoms with van der Waals surface area (Å²) in [4.78, 5) is 16.6. The zero-order valence-corrected chi connectivity index (χ0v) is 13.3. The first-order valence-electron chi connectivity index (χ1n) is 7.67. The van der Waals surface area contributed by atoms with Crippen molar-refractivity contribution in [2.75, 3.05) is 34.3 Å². The quantitative estimate of drug-likeness (QED) is 0.833. The minimum atomic E-state index is 0.180. The number of carbonyl (C=O) groups excluding carboxylic acids is 1. The van der Waals surface area contributed by atoms with Crippen LogP contribution in [0.3, 0.4) is 0 Å².